The Morgan fingerprint density at radius 3 is 2.67 bits per heavy atom. The van der Waals surface area contributed by atoms with Crippen LogP contribution in [0.4, 0.5) is 0 Å². The molecule has 1 unspecified atom stereocenters. The fraction of sp³-hybridized carbons (Fsp3) is 0.375. The number of nitrogens with zero attached hydrogens (tertiary/aromatic N) is 2. The van der Waals surface area contributed by atoms with Crippen LogP contribution in [0.3, 0.4) is 0 Å². The van der Waals surface area contributed by atoms with Gasteiger partial charge in [-0.2, -0.15) is 0 Å². The summed E-state index contributed by atoms with van der Waals surface area (Å²) in [5.74, 6) is 0. The van der Waals surface area contributed by atoms with E-state index in [0.29, 0.717) is 5.69 Å². The van der Waals surface area contributed by atoms with Crippen LogP contribution in [-0.4, -0.2) is 14.3 Å². The highest BCUT2D eigenvalue weighted by Gasteiger charge is 2.18. The Labute approximate surface area is 122 Å². The van der Waals surface area contributed by atoms with Crippen molar-refractivity contribution >= 4 is 0 Å². The molecule has 5 nitrogen and oxygen atoms in total. The van der Waals surface area contributed by atoms with Crippen LogP contribution in [0, 0.1) is 0 Å². The number of aromatic amines is 1. The summed E-state index contributed by atoms with van der Waals surface area (Å²) in [5, 5.41) is 2.71. The molecule has 0 aliphatic heterocycles. The van der Waals surface area contributed by atoms with Crippen molar-refractivity contribution < 1.29 is 0 Å². The van der Waals surface area contributed by atoms with Crippen molar-refractivity contribution in [2.45, 2.75) is 38.1 Å². The number of benzene rings is 1. The molecule has 1 N–H and O–H groups in total. The first-order chi connectivity index (χ1) is 10.3. The van der Waals surface area contributed by atoms with E-state index in [1.807, 2.05) is 18.2 Å². The molecule has 1 aromatic heterocycles. The van der Waals surface area contributed by atoms with E-state index in [4.69, 9.17) is 0 Å². The summed E-state index contributed by atoms with van der Waals surface area (Å²) in [6.07, 6.45) is 9.26. The van der Waals surface area contributed by atoms with E-state index in [0.717, 1.165) is 32.1 Å². The molecule has 0 amide bonds. The average Bonchev–Trinajstić information content (AvgIpc) is 2.75. The van der Waals surface area contributed by atoms with Crippen LogP contribution in [0.15, 0.2) is 52.1 Å². The Hall–Kier alpha value is -2.30. The number of para-hydroxylation sites is 1. The molecule has 3 rings (SSSR count). The number of allylic oxidation sites excluding steroid dienone is 2. The maximum atomic E-state index is 12.6. The van der Waals surface area contributed by atoms with Crippen molar-refractivity contribution in [1.29, 1.82) is 0 Å². The Balaban J connectivity index is 2.02. The fourth-order valence-corrected chi connectivity index (χ4v) is 2.81. The van der Waals surface area contributed by atoms with Gasteiger partial charge in [0.05, 0.1) is 11.7 Å². The maximum absolute atomic E-state index is 12.6. The maximum Gasteiger partial charge on any atom is 0.351 e. The highest BCUT2D eigenvalue weighted by molar-refractivity contribution is 5.30. The number of hydrogen-bond donors (Lipinski definition) is 1. The van der Waals surface area contributed by atoms with Crippen LogP contribution in [0.5, 0.6) is 0 Å². The zero-order valence-corrected chi connectivity index (χ0v) is 11.9. The highest BCUT2D eigenvalue weighted by Crippen LogP contribution is 2.20. The fourth-order valence-electron chi connectivity index (χ4n) is 2.81. The molecular formula is C16H19N3O2. The Bertz CT molecular complexity index is 737. The number of nitrogens with one attached hydrogen (secondary N) is 1. The second-order valence-corrected chi connectivity index (χ2v) is 5.39. The van der Waals surface area contributed by atoms with Gasteiger partial charge in [0.1, 0.15) is 0 Å². The van der Waals surface area contributed by atoms with Crippen LogP contribution >= 0.6 is 0 Å². The van der Waals surface area contributed by atoms with Crippen LogP contribution < -0.4 is 11.4 Å². The van der Waals surface area contributed by atoms with E-state index in [9.17, 15) is 9.59 Å². The van der Waals surface area contributed by atoms with Gasteiger partial charge in [-0.25, -0.2) is 23.9 Å². The lowest BCUT2D eigenvalue weighted by atomic mass is 10.0. The van der Waals surface area contributed by atoms with Crippen LogP contribution in [0.2, 0.25) is 0 Å². The summed E-state index contributed by atoms with van der Waals surface area (Å²) in [6, 6.07) is 9.05. The first kappa shape index (κ1) is 13.7. The van der Waals surface area contributed by atoms with Crippen LogP contribution in [0.1, 0.15) is 38.1 Å². The first-order valence-electron chi connectivity index (χ1n) is 7.41. The zero-order chi connectivity index (χ0) is 14.7. The Morgan fingerprint density at radius 2 is 1.86 bits per heavy atom. The Morgan fingerprint density at radius 1 is 1.05 bits per heavy atom. The lowest BCUT2D eigenvalue weighted by Crippen LogP contribution is -2.29. The molecule has 0 spiro atoms. The van der Waals surface area contributed by atoms with Gasteiger partial charge in [0.25, 0.3) is 0 Å². The molecule has 21 heavy (non-hydrogen) atoms. The van der Waals surface area contributed by atoms with Crippen molar-refractivity contribution in [2.24, 2.45) is 0 Å². The molecule has 1 aliphatic rings. The van der Waals surface area contributed by atoms with Gasteiger partial charge in [0.15, 0.2) is 0 Å². The lowest BCUT2D eigenvalue weighted by molar-refractivity contribution is 0.394. The third kappa shape index (κ3) is 2.77. The Kier molecular flexibility index (Phi) is 3.90. The first-order valence-corrected chi connectivity index (χ1v) is 7.41. The molecule has 5 heteroatoms. The van der Waals surface area contributed by atoms with E-state index in [2.05, 4.69) is 17.3 Å². The molecule has 1 atom stereocenters. The minimum absolute atomic E-state index is 0.0340. The van der Waals surface area contributed by atoms with E-state index in [-0.39, 0.29) is 17.4 Å². The predicted molar refractivity (Wildman–Crippen MR) is 81.9 cm³/mol. The van der Waals surface area contributed by atoms with Crippen molar-refractivity contribution in [2.75, 3.05) is 0 Å². The van der Waals surface area contributed by atoms with Crippen molar-refractivity contribution in [1.82, 2.24) is 14.3 Å². The van der Waals surface area contributed by atoms with Crippen molar-refractivity contribution in [3.05, 3.63) is 63.5 Å². The molecule has 0 bridgehead atoms. The predicted octanol–water partition coefficient (Wildman–Crippen LogP) is 2.39. The topological polar surface area (TPSA) is 59.8 Å². The summed E-state index contributed by atoms with van der Waals surface area (Å²) >= 11 is 0. The molecule has 0 fully saturated rings. The molecule has 1 heterocycles. The minimum Gasteiger partial charge on any atom is -0.246 e. The van der Waals surface area contributed by atoms with Gasteiger partial charge in [-0.15, -0.1) is 0 Å². The molecule has 1 aromatic carbocycles. The van der Waals surface area contributed by atoms with E-state index >= 15 is 0 Å². The largest absolute Gasteiger partial charge is 0.351 e. The normalized spacial score (nSPS) is 20.7. The van der Waals surface area contributed by atoms with Gasteiger partial charge in [0, 0.05) is 0 Å². The van der Waals surface area contributed by atoms with Crippen LogP contribution in [-0.2, 0) is 0 Å². The number of rotatable bonds is 2. The molecular weight excluding hydrogens is 266 g/mol. The second kappa shape index (κ2) is 5.99. The summed E-state index contributed by atoms with van der Waals surface area (Å²) in [7, 11) is 0. The van der Waals surface area contributed by atoms with Gasteiger partial charge in [0.2, 0.25) is 0 Å². The standard InChI is InChI=1S/C16H19N3O2/c20-15-17-19(14-11-5-2-1-3-6-12-14)16(21)18(15)13-9-7-4-8-10-13/h2,4-5,7-10,14H,1,3,6,11-12H2,(H,17,20)/b5-2-. The molecule has 0 radical (unpaired) electrons. The van der Waals surface area contributed by atoms with Crippen molar-refractivity contribution in [3.63, 3.8) is 0 Å². The minimum atomic E-state index is -0.378. The lowest BCUT2D eigenvalue weighted by Gasteiger charge is -2.16. The second-order valence-electron chi connectivity index (χ2n) is 5.39. The van der Waals surface area contributed by atoms with Gasteiger partial charge in [-0.3, -0.25) is 0 Å². The summed E-state index contributed by atoms with van der Waals surface area (Å²) < 4.78 is 2.69. The third-order valence-electron chi connectivity index (χ3n) is 3.93. The van der Waals surface area contributed by atoms with E-state index in [1.165, 1.54) is 9.25 Å². The number of aromatic nitrogens is 3. The smallest absolute Gasteiger partial charge is 0.246 e. The summed E-state index contributed by atoms with van der Waals surface area (Å²) in [5.41, 5.74) is -0.0636. The van der Waals surface area contributed by atoms with Gasteiger partial charge < -0.3 is 0 Å². The van der Waals surface area contributed by atoms with Crippen LogP contribution in [0.25, 0.3) is 5.69 Å². The van der Waals surface area contributed by atoms with Gasteiger partial charge in [-0.05, 0) is 37.8 Å². The van der Waals surface area contributed by atoms with Crippen molar-refractivity contribution in [3.8, 4) is 5.69 Å². The monoisotopic (exact) mass is 285 g/mol. The number of hydrogen-bond acceptors (Lipinski definition) is 2. The molecule has 0 saturated heterocycles. The summed E-state index contributed by atoms with van der Waals surface area (Å²) in [4.78, 5) is 24.7. The number of H-pyrrole nitrogens is 1. The average molecular weight is 285 g/mol. The molecule has 1 aliphatic carbocycles. The quantitative estimate of drug-likeness (QED) is 0.861. The zero-order valence-electron chi connectivity index (χ0n) is 11.9. The van der Waals surface area contributed by atoms with E-state index in [1.54, 1.807) is 12.1 Å². The third-order valence-corrected chi connectivity index (χ3v) is 3.93. The highest BCUT2D eigenvalue weighted by atomic mass is 16.2. The van der Waals surface area contributed by atoms with Gasteiger partial charge >= 0.3 is 11.4 Å². The van der Waals surface area contributed by atoms with Gasteiger partial charge in [-0.1, -0.05) is 36.8 Å². The molecule has 2 aromatic rings. The van der Waals surface area contributed by atoms with E-state index < -0.39 is 0 Å². The SMILES string of the molecule is O=c1[nH]n(C2C/C=C\CCCC2)c(=O)n1-c1ccccc1. The molecule has 110 valence electrons. The summed E-state index contributed by atoms with van der Waals surface area (Å²) in [6.45, 7) is 0. The molecule has 0 saturated carbocycles.